The van der Waals surface area contributed by atoms with Gasteiger partial charge in [0.05, 0.1) is 0 Å². The van der Waals surface area contributed by atoms with Gasteiger partial charge in [-0.05, 0) is 36.0 Å². The largest absolute Gasteiger partial charge is 0.478 e. The molecule has 4 nitrogen and oxygen atoms in total. The summed E-state index contributed by atoms with van der Waals surface area (Å²) in [4.78, 5) is 23.8. The Morgan fingerprint density at radius 1 is 0.541 bits per heavy atom. The number of thioether (sulfide) groups is 1. The second-order valence-electron chi connectivity index (χ2n) is 10.5. The summed E-state index contributed by atoms with van der Waals surface area (Å²) in [6.07, 6.45) is 29.9. The van der Waals surface area contributed by atoms with Crippen molar-refractivity contribution in [2.45, 2.75) is 168 Å². The highest BCUT2D eigenvalue weighted by molar-refractivity contribution is 8.05. The van der Waals surface area contributed by atoms with Crippen molar-refractivity contribution in [2.24, 2.45) is 0 Å². The van der Waals surface area contributed by atoms with E-state index in [4.69, 9.17) is 5.11 Å². The molecule has 0 aliphatic rings. The molecule has 0 aliphatic heterocycles. The van der Waals surface area contributed by atoms with Gasteiger partial charge in [0.1, 0.15) is 0 Å². The van der Waals surface area contributed by atoms with E-state index in [0.29, 0.717) is 12.0 Å². The smallest absolute Gasteiger partial charge is 0.332 e. The van der Waals surface area contributed by atoms with E-state index in [1.165, 1.54) is 133 Å². The molecule has 37 heavy (non-hydrogen) atoms. The summed E-state index contributed by atoms with van der Waals surface area (Å²) in [6, 6.07) is 0. The minimum atomic E-state index is -0.996. The maximum Gasteiger partial charge on any atom is 0.332 e. The van der Waals surface area contributed by atoms with Crippen LogP contribution in [0.15, 0.2) is 22.0 Å². The van der Waals surface area contributed by atoms with Crippen molar-refractivity contribution in [1.82, 2.24) is 0 Å². The molecular formula is C32H58O4S. The molecule has 0 fully saturated rings. The van der Waals surface area contributed by atoms with Gasteiger partial charge in [0.15, 0.2) is 0 Å². The molecule has 0 saturated carbocycles. The molecule has 0 bridgehead atoms. The summed E-state index contributed by atoms with van der Waals surface area (Å²) in [6.45, 7) is 4.50. The van der Waals surface area contributed by atoms with Gasteiger partial charge in [-0.1, -0.05) is 142 Å². The molecule has 0 unspecified atom stereocenters. The van der Waals surface area contributed by atoms with Crippen LogP contribution in [0.25, 0.3) is 0 Å². The van der Waals surface area contributed by atoms with Crippen LogP contribution in [0, 0.1) is 0 Å². The third-order valence-electron chi connectivity index (χ3n) is 7.05. The molecule has 0 aromatic carbocycles. The lowest BCUT2D eigenvalue weighted by Gasteiger charge is -2.11. The summed E-state index contributed by atoms with van der Waals surface area (Å²) in [5.41, 5.74) is 0.489. The number of rotatable bonds is 28. The topological polar surface area (TPSA) is 74.6 Å². The van der Waals surface area contributed by atoms with Crippen LogP contribution in [0.2, 0.25) is 0 Å². The van der Waals surface area contributed by atoms with Crippen molar-refractivity contribution in [1.29, 1.82) is 0 Å². The van der Waals surface area contributed by atoms with Gasteiger partial charge >= 0.3 is 11.9 Å². The first-order chi connectivity index (χ1) is 18.0. The van der Waals surface area contributed by atoms with E-state index in [1.807, 2.05) is 0 Å². The molecule has 2 N–H and O–H groups in total. The first-order valence-corrected chi connectivity index (χ1v) is 16.4. The number of hydrogen-bond donors (Lipinski definition) is 2. The zero-order valence-electron chi connectivity index (χ0n) is 24.2. The molecule has 0 amide bonds. The third-order valence-corrected chi connectivity index (χ3v) is 8.06. The first-order valence-electron chi connectivity index (χ1n) is 15.5. The molecule has 5 heteroatoms. The average Bonchev–Trinajstić information content (AvgIpc) is 2.86. The Labute approximate surface area is 233 Å². The van der Waals surface area contributed by atoms with Crippen LogP contribution in [0.5, 0.6) is 0 Å². The van der Waals surface area contributed by atoms with Crippen molar-refractivity contribution in [3.63, 3.8) is 0 Å². The lowest BCUT2D eigenvalue weighted by Crippen LogP contribution is -2.04. The summed E-state index contributed by atoms with van der Waals surface area (Å²) in [7, 11) is 0. The zero-order valence-corrected chi connectivity index (χ0v) is 25.1. The number of hydrogen-bond acceptors (Lipinski definition) is 3. The van der Waals surface area contributed by atoms with Gasteiger partial charge in [0.2, 0.25) is 0 Å². The van der Waals surface area contributed by atoms with Crippen molar-refractivity contribution >= 4 is 23.7 Å². The van der Waals surface area contributed by atoms with Crippen molar-refractivity contribution < 1.29 is 19.8 Å². The summed E-state index contributed by atoms with van der Waals surface area (Å²) >= 11 is 1.29. The SMILES string of the molecule is CCCCCCCCCCCCCC(SC=CC(=O)O)=C(CCCCCCCCCCCCC)C(=O)O. The highest BCUT2D eigenvalue weighted by Gasteiger charge is 2.14. The van der Waals surface area contributed by atoms with Crippen molar-refractivity contribution in [3.8, 4) is 0 Å². The Morgan fingerprint density at radius 2 is 0.892 bits per heavy atom. The van der Waals surface area contributed by atoms with Crippen LogP contribution >= 0.6 is 11.8 Å². The van der Waals surface area contributed by atoms with E-state index < -0.39 is 11.9 Å². The molecule has 0 radical (unpaired) electrons. The predicted molar refractivity (Wildman–Crippen MR) is 161 cm³/mol. The lowest BCUT2D eigenvalue weighted by atomic mass is 10.0. The van der Waals surface area contributed by atoms with Crippen molar-refractivity contribution in [2.75, 3.05) is 0 Å². The summed E-state index contributed by atoms with van der Waals surface area (Å²) < 4.78 is 0. The van der Waals surface area contributed by atoms with Crippen molar-refractivity contribution in [3.05, 3.63) is 22.0 Å². The van der Waals surface area contributed by atoms with E-state index >= 15 is 0 Å². The second kappa shape index (κ2) is 27.8. The maximum absolute atomic E-state index is 12.0. The van der Waals surface area contributed by atoms with E-state index in [9.17, 15) is 14.7 Å². The van der Waals surface area contributed by atoms with Gasteiger partial charge in [-0.2, -0.15) is 0 Å². The minimum absolute atomic E-state index is 0.489. The van der Waals surface area contributed by atoms with Gasteiger partial charge < -0.3 is 10.2 Å². The van der Waals surface area contributed by atoms with Crippen LogP contribution in [0.3, 0.4) is 0 Å². The number of carbonyl (C=O) groups is 2. The lowest BCUT2D eigenvalue weighted by molar-refractivity contribution is -0.133. The Kier molecular flexibility index (Phi) is 26.9. The molecule has 0 saturated heterocycles. The molecule has 0 heterocycles. The monoisotopic (exact) mass is 538 g/mol. The molecule has 216 valence electrons. The quantitative estimate of drug-likeness (QED) is 0.0765. The predicted octanol–water partition coefficient (Wildman–Crippen LogP) is 11.1. The molecule has 0 aromatic rings. The van der Waals surface area contributed by atoms with Crippen LogP contribution in [-0.2, 0) is 9.59 Å². The van der Waals surface area contributed by atoms with Gasteiger partial charge in [-0.3, -0.25) is 0 Å². The number of allylic oxidation sites excluding steroid dienone is 1. The van der Waals surface area contributed by atoms with E-state index in [2.05, 4.69) is 13.8 Å². The Balaban J connectivity index is 4.38. The first kappa shape index (κ1) is 35.8. The molecular weight excluding hydrogens is 480 g/mol. The Bertz CT molecular complexity index is 612. The number of carboxylic acid groups (broad SMARTS) is 2. The average molecular weight is 539 g/mol. The van der Waals surface area contributed by atoms with Crippen LogP contribution < -0.4 is 0 Å². The molecule has 0 rings (SSSR count). The normalized spacial score (nSPS) is 12.3. The van der Waals surface area contributed by atoms with Gasteiger partial charge in [-0.25, -0.2) is 9.59 Å². The van der Waals surface area contributed by atoms with Gasteiger partial charge in [0, 0.05) is 11.6 Å². The second-order valence-corrected chi connectivity index (χ2v) is 11.5. The minimum Gasteiger partial charge on any atom is -0.478 e. The molecule has 0 atom stereocenters. The van der Waals surface area contributed by atoms with E-state index in [1.54, 1.807) is 0 Å². The summed E-state index contributed by atoms with van der Waals surface area (Å²) in [5, 5.41) is 20.3. The van der Waals surface area contributed by atoms with Gasteiger partial charge in [-0.15, -0.1) is 11.8 Å². The molecule has 0 spiro atoms. The Hall–Kier alpha value is -1.23. The highest BCUT2D eigenvalue weighted by atomic mass is 32.2. The number of carboxylic acids is 2. The molecule has 0 aliphatic carbocycles. The Morgan fingerprint density at radius 3 is 1.24 bits per heavy atom. The zero-order chi connectivity index (χ0) is 27.4. The van der Waals surface area contributed by atoms with Crippen LogP contribution in [0.1, 0.15) is 168 Å². The van der Waals surface area contributed by atoms with Crippen LogP contribution in [-0.4, -0.2) is 22.2 Å². The third kappa shape index (κ3) is 24.8. The number of aliphatic carboxylic acids is 2. The maximum atomic E-state index is 12.0. The number of unbranched alkanes of at least 4 members (excludes halogenated alkanes) is 20. The fraction of sp³-hybridized carbons (Fsp3) is 0.812. The molecule has 0 aromatic heterocycles. The standard InChI is InChI=1S/C32H58O4S/c1-3-5-7-9-11-13-15-17-19-21-23-25-29(32(35)36)30(37-28-27-31(33)34)26-24-22-20-18-16-14-12-10-8-6-4-2/h27-28H,3-26H2,1-2H3,(H,33,34)(H,35,36). The van der Waals surface area contributed by atoms with E-state index in [0.717, 1.165) is 43.1 Å². The van der Waals surface area contributed by atoms with E-state index in [-0.39, 0.29) is 0 Å². The van der Waals surface area contributed by atoms with Gasteiger partial charge in [0.25, 0.3) is 0 Å². The fourth-order valence-corrected chi connectivity index (χ4v) is 5.68. The summed E-state index contributed by atoms with van der Waals surface area (Å²) in [5.74, 6) is -1.84. The highest BCUT2D eigenvalue weighted by Crippen LogP contribution is 2.30. The van der Waals surface area contributed by atoms with Crippen LogP contribution in [0.4, 0.5) is 0 Å². The fourth-order valence-electron chi connectivity index (χ4n) is 4.74.